The number of nitrogens with zero attached hydrogens (tertiary/aromatic N) is 3. The standard InChI is InChI=1S/C9H16N4O2S/c1-8-5-13(4-3-10-8)16(14,15)9-6-12(2)7-11-9/h6-8,10H,3-5H2,1-2H3/t8-/m1/s1. The van der Waals surface area contributed by atoms with Crippen molar-refractivity contribution >= 4 is 10.0 Å². The van der Waals surface area contributed by atoms with Gasteiger partial charge < -0.3 is 9.88 Å². The van der Waals surface area contributed by atoms with E-state index in [2.05, 4.69) is 10.3 Å². The van der Waals surface area contributed by atoms with Crippen LogP contribution in [-0.4, -0.2) is 48.0 Å². The minimum atomic E-state index is -3.41. The van der Waals surface area contributed by atoms with Gasteiger partial charge in [0.25, 0.3) is 10.0 Å². The second-order valence-electron chi connectivity index (χ2n) is 4.10. The van der Waals surface area contributed by atoms with E-state index in [0.717, 1.165) is 0 Å². The summed E-state index contributed by atoms with van der Waals surface area (Å²) >= 11 is 0. The molecule has 0 bridgehead atoms. The summed E-state index contributed by atoms with van der Waals surface area (Å²) in [7, 11) is -1.66. The fourth-order valence-electron chi connectivity index (χ4n) is 1.77. The molecule has 16 heavy (non-hydrogen) atoms. The van der Waals surface area contributed by atoms with Gasteiger partial charge in [0.2, 0.25) is 0 Å². The molecule has 6 nitrogen and oxygen atoms in total. The van der Waals surface area contributed by atoms with E-state index in [9.17, 15) is 8.42 Å². The Balaban J connectivity index is 2.25. The molecular weight excluding hydrogens is 228 g/mol. The van der Waals surface area contributed by atoms with E-state index in [1.807, 2.05) is 6.92 Å². The molecule has 0 saturated carbocycles. The highest BCUT2D eigenvalue weighted by Gasteiger charge is 2.29. The summed E-state index contributed by atoms with van der Waals surface area (Å²) in [6, 6.07) is 0.187. The summed E-state index contributed by atoms with van der Waals surface area (Å²) < 4.78 is 27.5. The lowest BCUT2D eigenvalue weighted by molar-refractivity contribution is 0.309. The second-order valence-corrected chi connectivity index (χ2v) is 5.98. The van der Waals surface area contributed by atoms with Crippen LogP contribution >= 0.6 is 0 Å². The highest BCUT2D eigenvalue weighted by atomic mass is 32.2. The molecular formula is C9H16N4O2S. The van der Waals surface area contributed by atoms with Gasteiger partial charge in [0, 0.05) is 38.9 Å². The number of piperazine rings is 1. The molecule has 7 heteroatoms. The fourth-order valence-corrected chi connectivity index (χ4v) is 3.27. The zero-order valence-corrected chi connectivity index (χ0v) is 10.2. The molecule has 1 aliphatic rings. The lowest BCUT2D eigenvalue weighted by Crippen LogP contribution is -2.51. The highest BCUT2D eigenvalue weighted by Crippen LogP contribution is 2.14. The van der Waals surface area contributed by atoms with Gasteiger partial charge in [-0.25, -0.2) is 13.4 Å². The maximum atomic E-state index is 12.2. The highest BCUT2D eigenvalue weighted by molar-refractivity contribution is 7.89. The Morgan fingerprint density at radius 2 is 2.31 bits per heavy atom. The normalized spacial score (nSPS) is 23.5. The Hall–Kier alpha value is -0.920. The van der Waals surface area contributed by atoms with E-state index in [4.69, 9.17) is 0 Å². The van der Waals surface area contributed by atoms with Gasteiger partial charge >= 0.3 is 0 Å². The van der Waals surface area contributed by atoms with Crippen LogP contribution in [-0.2, 0) is 17.1 Å². The Bertz CT molecular complexity index is 468. The van der Waals surface area contributed by atoms with Crippen molar-refractivity contribution in [1.82, 2.24) is 19.2 Å². The largest absolute Gasteiger partial charge is 0.339 e. The van der Waals surface area contributed by atoms with E-state index < -0.39 is 10.0 Å². The third-order valence-corrected chi connectivity index (χ3v) is 4.37. The summed E-state index contributed by atoms with van der Waals surface area (Å²) in [6.45, 7) is 3.66. The van der Waals surface area contributed by atoms with Crippen LogP contribution in [0.5, 0.6) is 0 Å². The van der Waals surface area contributed by atoms with Gasteiger partial charge in [-0.2, -0.15) is 4.31 Å². The second kappa shape index (κ2) is 4.15. The van der Waals surface area contributed by atoms with Crippen molar-refractivity contribution in [2.24, 2.45) is 7.05 Å². The predicted molar refractivity (Wildman–Crippen MR) is 59.4 cm³/mol. The lowest BCUT2D eigenvalue weighted by Gasteiger charge is -2.30. The molecule has 0 aromatic carbocycles. The predicted octanol–water partition coefficient (Wildman–Crippen LogP) is -0.597. The van der Waals surface area contributed by atoms with Gasteiger partial charge in [-0.15, -0.1) is 0 Å². The van der Waals surface area contributed by atoms with Crippen LogP contribution in [0.4, 0.5) is 0 Å². The molecule has 2 rings (SSSR count). The third-order valence-electron chi connectivity index (χ3n) is 2.62. The van der Waals surface area contributed by atoms with Crippen molar-refractivity contribution in [3.63, 3.8) is 0 Å². The zero-order chi connectivity index (χ0) is 11.8. The van der Waals surface area contributed by atoms with Crippen LogP contribution in [0.25, 0.3) is 0 Å². The van der Waals surface area contributed by atoms with Crippen LogP contribution in [0.3, 0.4) is 0 Å². The Kier molecular flexibility index (Phi) is 3.00. The van der Waals surface area contributed by atoms with Gasteiger partial charge in [-0.05, 0) is 6.92 Å². The molecule has 1 fully saturated rings. The maximum Gasteiger partial charge on any atom is 0.262 e. The van der Waals surface area contributed by atoms with E-state index >= 15 is 0 Å². The molecule has 1 atom stereocenters. The lowest BCUT2D eigenvalue weighted by atomic mass is 10.3. The third kappa shape index (κ3) is 2.11. The monoisotopic (exact) mass is 244 g/mol. The minimum absolute atomic E-state index is 0.129. The first-order chi connectivity index (χ1) is 7.50. The van der Waals surface area contributed by atoms with E-state index in [0.29, 0.717) is 19.6 Å². The molecule has 0 spiro atoms. The number of aromatic nitrogens is 2. The molecule has 2 heterocycles. The minimum Gasteiger partial charge on any atom is -0.339 e. The number of imidazole rings is 1. The van der Waals surface area contributed by atoms with Crippen LogP contribution < -0.4 is 5.32 Å². The van der Waals surface area contributed by atoms with Crippen LogP contribution in [0.1, 0.15) is 6.92 Å². The molecule has 1 N–H and O–H groups in total. The van der Waals surface area contributed by atoms with Gasteiger partial charge in [0.1, 0.15) is 0 Å². The van der Waals surface area contributed by atoms with Crippen molar-refractivity contribution in [3.8, 4) is 0 Å². The van der Waals surface area contributed by atoms with Crippen molar-refractivity contribution in [2.45, 2.75) is 18.0 Å². The van der Waals surface area contributed by atoms with Gasteiger partial charge in [-0.3, -0.25) is 0 Å². The van der Waals surface area contributed by atoms with Crippen LogP contribution in [0.15, 0.2) is 17.6 Å². The molecule has 1 saturated heterocycles. The molecule has 0 unspecified atom stereocenters. The number of aryl methyl sites for hydroxylation is 1. The van der Waals surface area contributed by atoms with Crippen molar-refractivity contribution in [3.05, 3.63) is 12.5 Å². The molecule has 0 radical (unpaired) electrons. The van der Waals surface area contributed by atoms with Gasteiger partial charge in [0.05, 0.1) is 6.33 Å². The molecule has 0 aliphatic carbocycles. The van der Waals surface area contributed by atoms with E-state index in [-0.39, 0.29) is 11.1 Å². The van der Waals surface area contributed by atoms with E-state index in [1.165, 1.54) is 16.8 Å². The smallest absolute Gasteiger partial charge is 0.262 e. The average molecular weight is 244 g/mol. The van der Waals surface area contributed by atoms with Gasteiger partial charge in [-0.1, -0.05) is 0 Å². The van der Waals surface area contributed by atoms with Crippen LogP contribution in [0, 0.1) is 0 Å². The number of hydrogen-bond acceptors (Lipinski definition) is 4. The summed E-state index contributed by atoms with van der Waals surface area (Å²) in [4.78, 5) is 3.90. The SMILES string of the molecule is C[C@@H]1CN(S(=O)(=O)c2cn(C)cn2)CCN1. The zero-order valence-electron chi connectivity index (χ0n) is 9.42. The van der Waals surface area contributed by atoms with E-state index in [1.54, 1.807) is 11.6 Å². The van der Waals surface area contributed by atoms with Crippen molar-refractivity contribution < 1.29 is 8.42 Å². The van der Waals surface area contributed by atoms with Crippen molar-refractivity contribution in [2.75, 3.05) is 19.6 Å². The summed E-state index contributed by atoms with van der Waals surface area (Å²) in [6.07, 6.45) is 3.03. The first-order valence-electron chi connectivity index (χ1n) is 5.21. The first kappa shape index (κ1) is 11.6. The summed E-state index contributed by atoms with van der Waals surface area (Å²) in [5, 5.41) is 3.34. The number of sulfonamides is 1. The Morgan fingerprint density at radius 3 is 2.88 bits per heavy atom. The van der Waals surface area contributed by atoms with Gasteiger partial charge in [0.15, 0.2) is 5.03 Å². The van der Waals surface area contributed by atoms with Crippen LogP contribution in [0.2, 0.25) is 0 Å². The topological polar surface area (TPSA) is 67.2 Å². The molecule has 1 aliphatic heterocycles. The molecule has 1 aromatic rings. The number of rotatable bonds is 2. The number of nitrogens with one attached hydrogen (secondary N) is 1. The first-order valence-corrected chi connectivity index (χ1v) is 6.65. The number of hydrogen-bond donors (Lipinski definition) is 1. The Morgan fingerprint density at radius 1 is 1.56 bits per heavy atom. The maximum absolute atomic E-state index is 12.2. The average Bonchev–Trinajstić information content (AvgIpc) is 2.65. The van der Waals surface area contributed by atoms with Crippen molar-refractivity contribution in [1.29, 1.82) is 0 Å². The summed E-state index contributed by atoms with van der Waals surface area (Å²) in [5.41, 5.74) is 0. The Labute approximate surface area is 95.3 Å². The summed E-state index contributed by atoms with van der Waals surface area (Å²) in [5.74, 6) is 0. The molecule has 0 amide bonds. The quantitative estimate of drug-likeness (QED) is 0.754. The molecule has 90 valence electrons. The fraction of sp³-hybridized carbons (Fsp3) is 0.667. The molecule has 1 aromatic heterocycles.